The largest absolute Gasteiger partial charge is 0.478 e. The SMILES string of the molecule is CCc1cc(C(=O)O)c2c(c1)c(C(C)O)cn2CCN. The predicted octanol–water partition coefficient (Wildman–Crippen LogP) is 1.91. The molecule has 20 heavy (non-hydrogen) atoms. The molecule has 0 saturated heterocycles. The number of nitrogens with zero attached hydrogens (tertiary/aromatic N) is 1. The molecule has 1 aromatic carbocycles. The Morgan fingerprint density at radius 2 is 2.15 bits per heavy atom. The number of aliphatic hydroxyl groups excluding tert-OH is 1. The molecule has 0 aliphatic carbocycles. The molecule has 0 aliphatic heterocycles. The molecule has 0 saturated carbocycles. The summed E-state index contributed by atoms with van der Waals surface area (Å²) in [4.78, 5) is 11.5. The Balaban J connectivity index is 2.84. The number of benzene rings is 1. The third kappa shape index (κ3) is 2.42. The van der Waals surface area contributed by atoms with E-state index in [-0.39, 0.29) is 5.56 Å². The molecule has 2 rings (SSSR count). The van der Waals surface area contributed by atoms with Crippen molar-refractivity contribution < 1.29 is 15.0 Å². The number of carboxylic acids is 1. The molecule has 1 heterocycles. The highest BCUT2D eigenvalue weighted by atomic mass is 16.4. The van der Waals surface area contributed by atoms with E-state index in [0.717, 1.165) is 22.9 Å². The second kappa shape index (κ2) is 5.64. The second-order valence-corrected chi connectivity index (χ2v) is 4.94. The van der Waals surface area contributed by atoms with Crippen LogP contribution < -0.4 is 5.73 Å². The number of hydrogen-bond donors (Lipinski definition) is 3. The Kier molecular flexibility index (Phi) is 4.11. The minimum atomic E-state index is -0.959. The fraction of sp³-hybridized carbons (Fsp3) is 0.400. The fourth-order valence-corrected chi connectivity index (χ4v) is 2.54. The summed E-state index contributed by atoms with van der Waals surface area (Å²) in [5.74, 6) is -0.959. The van der Waals surface area contributed by atoms with Crippen LogP contribution in [0.15, 0.2) is 18.3 Å². The van der Waals surface area contributed by atoms with E-state index in [4.69, 9.17) is 5.73 Å². The van der Waals surface area contributed by atoms with E-state index < -0.39 is 12.1 Å². The summed E-state index contributed by atoms with van der Waals surface area (Å²) < 4.78 is 1.82. The first-order valence-corrected chi connectivity index (χ1v) is 6.76. The lowest BCUT2D eigenvalue weighted by Gasteiger charge is -2.08. The lowest BCUT2D eigenvalue weighted by molar-refractivity contribution is 0.0698. The molecule has 5 heteroatoms. The first-order chi connectivity index (χ1) is 9.49. The maximum absolute atomic E-state index is 11.5. The molecule has 5 nitrogen and oxygen atoms in total. The molecule has 0 radical (unpaired) electrons. The highest BCUT2D eigenvalue weighted by molar-refractivity contribution is 6.04. The fourth-order valence-electron chi connectivity index (χ4n) is 2.54. The van der Waals surface area contributed by atoms with Gasteiger partial charge in [0.05, 0.1) is 17.2 Å². The zero-order chi connectivity index (χ0) is 14.9. The van der Waals surface area contributed by atoms with Gasteiger partial charge in [-0.1, -0.05) is 6.92 Å². The van der Waals surface area contributed by atoms with E-state index in [2.05, 4.69) is 0 Å². The van der Waals surface area contributed by atoms with Gasteiger partial charge >= 0.3 is 5.97 Å². The Morgan fingerprint density at radius 3 is 2.65 bits per heavy atom. The van der Waals surface area contributed by atoms with Crippen LogP contribution >= 0.6 is 0 Å². The number of aromatic carboxylic acids is 1. The van der Waals surface area contributed by atoms with Gasteiger partial charge in [-0.05, 0) is 31.0 Å². The Hall–Kier alpha value is -1.85. The zero-order valence-corrected chi connectivity index (χ0v) is 11.8. The van der Waals surface area contributed by atoms with Gasteiger partial charge in [0.25, 0.3) is 0 Å². The summed E-state index contributed by atoms with van der Waals surface area (Å²) in [6.45, 7) is 4.60. The maximum atomic E-state index is 11.5. The molecular formula is C15H20N2O3. The average molecular weight is 276 g/mol. The summed E-state index contributed by atoms with van der Waals surface area (Å²) in [7, 11) is 0. The van der Waals surface area contributed by atoms with Crippen LogP contribution in [0.2, 0.25) is 0 Å². The highest BCUT2D eigenvalue weighted by Crippen LogP contribution is 2.30. The van der Waals surface area contributed by atoms with Crippen LogP contribution in [0.1, 0.15) is 41.4 Å². The van der Waals surface area contributed by atoms with Crippen molar-refractivity contribution in [1.82, 2.24) is 4.57 Å². The number of nitrogens with two attached hydrogens (primary N) is 1. The monoisotopic (exact) mass is 276 g/mol. The van der Waals surface area contributed by atoms with Gasteiger partial charge in [-0.3, -0.25) is 0 Å². The van der Waals surface area contributed by atoms with E-state index in [9.17, 15) is 15.0 Å². The summed E-state index contributed by atoms with van der Waals surface area (Å²) in [5.41, 5.74) is 8.18. The van der Waals surface area contributed by atoms with Gasteiger partial charge in [0.15, 0.2) is 0 Å². The second-order valence-electron chi connectivity index (χ2n) is 4.94. The lowest BCUT2D eigenvalue weighted by atomic mass is 10.0. The van der Waals surface area contributed by atoms with Crippen molar-refractivity contribution in [3.05, 3.63) is 35.0 Å². The van der Waals surface area contributed by atoms with Gasteiger partial charge in [-0.15, -0.1) is 0 Å². The first kappa shape index (κ1) is 14.6. The van der Waals surface area contributed by atoms with Crippen molar-refractivity contribution >= 4 is 16.9 Å². The van der Waals surface area contributed by atoms with Crippen LogP contribution in [-0.4, -0.2) is 27.3 Å². The molecule has 0 fully saturated rings. The smallest absolute Gasteiger partial charge is 0.337 e. The van der Waals surface area contributed by atoms with Gasteiger partial charge in [-0.2, -0.15) is 0 Å². The van der Waals surface area contributed by atoms with Crippen molar-refractivity contribution in [3.8, 4) is 0 Å². The van der Waals surface area contributed by atoms with Gasteiger partial charge in [-0.25, -0.2) is 4.79 Å². The van der Waals surface area contributed by atoms with E-state index in [1.807, 2.05) is 17.6 Å². The standard InChI is InChI=1S/C15H20N2O3/c1-3-10-6-11-13(9(2)18)8-17(5-4-16)14(11)12(7-10)15(19)20/h6-9,18H,3-5,16H2,1-2H3,(H,19,20). The molecule has 1 atom stereocenters. The Labute approximate surface area is 117 Å². The average Bonchev–Trinajstić information content (AvgIpc) is 2.77. The quantitative estimate of drug-likeness (QED) is 0.778. The number of aryl methyl sites for hydroxylation is 1. The minimum absolute atomic E-state index is 0.264. The normalized spacial score (nSPS) is 12.8. The van der Waals surface area contributed by atoms with Crippen LogP contribution in [0.4, 0.5) is 0 Å². The molecule has 0 spiro atoms. The van der Waals surface area contributed by atoms with Gasteiger partial charge in [0.2, 0.25) is 0 Å². The van der Waals surface area contributed by atoms with Crippen molar-refractivity contribution in [3.63, 3.8) is 0 Å². The first-order valence-electron chi connectivity index (χ1n) is 6.76. The lowest BCUT2D eigenvalue weighted by Crippen LogP contribution is -2.11. The van der Waals surface area contributed by atoms with Crippen LogP contribution in [0.25, 0.3) is 10.9 Å². The Bertz CT molecular complexity index is 644. The molecule has 0 amide bonds. The molecular weight excluding hydrogens is 256 g/mol. The summed E-state index contributed by atoms with van der Waals surface area (Å²) in [6, 6.07) is 3.65. The number of carboxylic acid groups (broad SMARTS) is 1. The number of rotatable bonds is 5. The zero-order valence-electron chi connectivity index (χ0n) is 11.8. The molecule has 1 aromatic heterocycles. The van der Waals surface area contributed by atoms with E-state index in [1.165, 1.54) is 0 Å². The molecule has 108 valence electrons. The van der Waals surface area contributed by atoms with Crippen LogP contribution in [-0.2, 0) is 13.0 Å². The third-order valence-corrected chi connectivity index (χ3v) is 3.52. The van der Waals surface area contributed by atoms with Crippen molar-refractivity contribution in [1.29, 1.82) is 0 Å². The Morgan fingerprint density at radius 1 is 1.45 bits per heavy atom. The molecule has 0 aliphatic rings. The van der Waals surface area contributed by atoms with Crippen LogP contribution in [0.5, 0.6) is 0 Å². The molecule has 2 aromatic rings. The predicted molar refractivity (Wildman–Crippen MR) is 78.0 cm³/mol. The molecule has 1 unspecified atom stereocenters. The number of fused-ring (bicyclic) bond motifs is 1. The minimum Gasteiger partial charge on any atom is -0.478 e. The third-order valence-electron chi connectivity index (χ3n) is 3.52. The summed E-state index contributed by atoms with van der Waals surface area (Å²) >= 11 is 0. The van der Waals surface area contributed by atoms with E-state index in [0.29, 0.717) is 18.6 Å². The number of aromatic nitrogens is 1. The van der Waals surface area contributed by atoms with Crippen molar-refractivity contribution in [2.75, 3.05) is 6.54 Å². The molecule has 0 bridgehead atoms. The summed E-state index contributed by atoms with van der Waals surface area (Å²) in [6.07, 6.45) is 1.90. The molecule has 4 N–H and O–H groups in total. The maximum Gasteiger partial charge on any atom is 0.337 e. The van der Waals surface area contributed by atoms with E-state index >= 15 is 0 Å². The van der Waals surface area contributed by atoms with E-state index in [1.54, 1.807) is 19.2 Å². The van der Waals surface area contributed by atoms with Crippen molar-refractivity contribution in [2.45, 2.75) is 32.9 Å². The van der Waals surface area contributed by atoms with Crippen LogP contribution in [0, 0.1) is 0 Å². The van der Waals surface area contributed by atoms with Crippen LogP contribution in [0.3, 0.4) is 0 Å². The summed E-state index contributed by atoms with van der Waals surface area (Å²) in [5, 5.41) is 20.1. The highest BCUT2D eigenvalue weighted by Gasteiger charge is 2.19. The number of carbonyl (C=O) groups is 1. The topological polar surface area (TPSA) is 88.5 Å². The van der Waals surface area contributed by atoms with Gasteiger partial charge in [0, 0.05) is 30.2 Å². The van der Waals surface area contributed by atoms with Gasteiger partial charge in [0.1, 0.15) is 0 Å². The van der Waals surface area contributed by atoms with Gasteiger partial charge < -0.3 is 20.5 Å². The van der Waals surface area contributed by atoms with Crippen molar-refractivity contribution in [2.24, 2.45) is 5.73 Å². The number of aliphatic hydroxyl groups is 1. The number of hydrogen-bond acceptors (Lipinski definition) is 3.